The van der Waals surface area contributed by atoms with Crippen LogP contribution in [0.25, 0.3) is 0 Å². The lowest BCUT2D eigenvalue weighted by molar-refractivity contribution is 0.125. The molecule has 110 valence electrons. The number of hydrogen-bond donors (Lipinski definition) is 1. The van der Waals surface area contributed by atoms with Crippen LogP contribution in [-0.4, -0.2) is 31.1 Å². The maximum absolute atomic E-state index is 13.7. The molecule has 0 bridgehead atoms. The van der Waals surface area contributed by atoms with Crippen LogP contribution in [0.1, 0.15) is 42.9 Å². The van der Waals surface area contributed by atoms with Crippen LogP contribution in [0.2, 0.25) is 0 Å². The van der Waals surface area contributed by atoms with E-state index in [1.165, 1.54) is 36.8 Å². The molecule has 1 aromatic carbocycles. The molecule has 0 unspecified atom stereocenters. The summed E-state index contributed by atoms with van der Waals surface area (Å²) in [5, 5.41) is 3.42. The van der Waals surface area contributed by atoms with Crippen molar-refractivity contribution in [3.63, 3.8) is 0 Å². The molecule has 1 saturated carbocycles. The van der Waals surface area contributed by atoms with E-state index in [0.29, 0.717) is 12.0 Å². The van der Waals surface area contributed by atoms with Gasteiger partial charge in [0.1, 0.15) is 5.82 Å². The summed E-state index contributed by atoms with van der Waals surface area (Å²) >= 11 is 0. The highest BCUT2D eigenvalue weighted by Crippen LogP contribution is 2.40. The molecule has 0 amide bonds. The van der Waals surface area contributed by atoms with Crippen molar-refractivity contribution in [3.8, 4) is 0 Å². The van der Waals surface area contributed by atoms with E-state index in [9.17, 15) is 4.39 Å². The zero-order valence-corrected chi connectivity index (χ0v) is 12.4. The van der Waals surface area contributed by atoms with E-state index in [4.69, 9.17) is 0 Å². The van der Waals surface area contributed by atoms with Crippen LogP contribution < -0.4 is 5.32 Å². The normalized spacial score (nSPS) is 23.1. The third-order valence-electron chi connectivity index (χ3n) is 4.95. The van der Waals surface area contributed by atoms with Gasteiger partial charge in [0.25, 0.3) is 0 Å². The molecule has 0 aromatic heterocycles. The number of nitrogens with one attached hydrogen (secondary N) is 1. The molecule has 1 atom stereocenters. The van der Waals surface area contributed by atoms with Crippen molar-refractivity contribution in [2.24, 2.45) is 5.92 Å². The van der Waals surface area contributed by atoms with E-state index in [2.05, 4.69) is 17.1 Å². The Labute approximate surface area is 121 Å². The number of nitrogens with zero attached hydrogens (tertiary/aromatic N) is 1. The van der Waals surface area contributed by atoms with Crippen molar-refractivity contribution in [3.05, 3.63) is 35.1 Å². The van der Waals surface area contributed by atoms with Gasteiger partial charge >= 0.3 is 0 Å². The lowest BCUT2D eigenvalue weighted by Gasteiger charge is -2.39. The van der Waals surface area contributed by atoms with Crippen LogP contribution in [0.3, 0.4) is 0 Å². The Morgan fingerprint density at radius 3 is 2.60 bits per heavy atom. The topological polar surface area (TPSA) is 15.3 Å². The van der Waals surface area contributed by atoms with Crippen molar-refractivity contribution < 1.29 is 4.39 Å². The van der Waals surface area contributed by atoms with Gasteiger partial charge in [-0.2, -0.15) is 0 Å². The monoisotopic (exact) mass is 276 g/mol. The third kappa shape index (κ3) is 2.89. The zero-order chi connectivity index (χ0) is 13.9. The van der Waals surface area contributed by atoms with Crippen molar-refractivity contribution in [1.29, 1.82) is 0 Å². The molecular formula is C17H25FN2. The van der Waals surface area contributed by atoms with Gasteiger partial charge in [0, 0.05) is 32.2 Å². The van der Waals surface area contributed by atoms with Gasteiger partial charge in [0.05, 0.1) is 0 Å². The van der Waals surface area contributed by atoms with Gasteiger partial charge in [-0.1, -0.05) is 18.9 Å². The van der Waals surface area contributed by atoms with Crippen LogP contribution in [0.15, 0.2) is 18.2 Å². The van der Waals surface area contributed by atoms with E-state index >= 15 is 0 Å². The van der Waals surface area contributed by atoms with Crippen molar-refractivity contribution >= 4 is 0 Å². The minimum atomic E-state index is -0.0938. The van der Waals surface area contributed by atoms with Crippen LogP contribution in [0.4, 0.5) is 4.39 Å². The van der Waals surface area contributed by atoms with Gasteiger partial charge in [-0.15, -0.1) is 0 Å². The smallest absolute Gasteiger partial charge is 0.123 e. The molecule has 2 fully saturated rings. The maximum Gasteiger partial charge on any atom is 0.123 e. The summed E-state index contributed by atoms with van der Waals surface area (Å²) in [6.07, 6.45) is 5.26. The van der Waals surface area contributed by atoms with Crippen LogP contribution in [0, 0.1) is 18.7 Å². The van der Waals surface area contributed by atoms with Gasteiger partial charge in [0.2, 0.25) is 0 Å². The molecule has 1 aromatic rings. The quantitative estimate of drug-likeness (QED) is 0.911. The molecule has 1 heterocycles. The predicted molar refractivity (Wildman–Crippen MR) is 80.3 cm³/mol. The summed E-state index contributed by atoms with van der Waals surface area (Å²) in [6, 6.07) is 5.72. The van der Waals surface area contributed by atoms with Crippen LogP contribution >= 0.6 is 0 Å². The molecular weight excluding hydrogens is 251 g/mol. The molecule has 3 heteroatoms. The molecule has 2 aliphatic rings. The van der Waals surface area contributed by atoms with Gasteiger partial charge in [0.15, 0.2) is 0 Å². The predicted octanol–water partition coefficient (Wildman–Crippen LogP) is 3.27. The van der Waals surface area contributed by atoms with E-state index in [-0.39, 0.29) is 5.82 Å². The van der Waals surface area contributed by atoms with Crippen molar-refractivity contribution in [1.82, 2.24) is 10.2 Å². The Hall–Kier alpha value is -0.930. The van der Waals surface area contributed by atoms with Crippen LogP contribution in [0.5, 0.6) is 0 Å². The molecule has 1 N–H and O–H groups in total. The lowest BCUT2D eigenvalue weighted by Crippen LogP contribution is -2.46. The fourth-order valence-corrected chi connectivity index (χ4v) is 3.91. The summed E-state index contributed by atoms with van der Waals surface area (Å²) in [7, 11) is 0. The van der Waals surface area contributed by atoms with E-state index in [1.807, 2.05) is 6.07 Å². The molecule has 0 spiro atoms. The number of benzene rings is 1. The maximum atomic E-state index is 13.7. The molecule has 20 heavy (non-hydrogen) atoms. The highest BCUT2D eigenvalue weighted by Gasteiger charge is 2.32. The number of halogens is 1. The van der Waals surface area contributed by atoms with Gasteiger partial charge in [-0.3, -0.25) is 4.90 Å². The average Bonchev–Trinajstić information content (AvgIpc) is 2.98. The molecule has 1 aliphatic heterocycles. The van der Waals surface area contributed by atoms with Gasteiger partial charge in [-0.25, -0.2) is 4.39 Å². The largest absolute Gasteiger partial charge is 0.314 e. The minimum Gasteiger partial charge on any atom is -0.314 e. The van der Waals surface area contributed by atoms with E-state index < -0.39 is 0 Å². The Morgan fingerprint density at radius 2 is 1.90 bits per heavy atom. The fraction of sp³-hybridized carbons (Fsp3) is 0.647. The zero-order valence-electron chi connectivity index (χ0n) is 12.4. The number of rotatable bonds is 3. The van der Waals surface area contributed by atoms with Crippen LogP contribution in [-0.2, 0) is 0 Å². The molecule has 2 nitrogen and oxygen atoms in total. The van der Waals surface area contributed by atoms with Gasteiger partial charge < -0.3 is 5.32 Å². The second-order valence-corrected chi connectivity index (χ2v) is 6.28. The average molecular weight is 276 g/mol. The number of hydrogen-bond acceptors (Lipinski definition) is 2. The molecule has 1 aliphatic carbocycles. The fourth-order valence-electron chi connectivity index (χ4n) is 3.91. The second-order valence-electron chi connectivity index (χ2n) is 6.28. The minimum absolute atomic E-state index is 0.0938. The first-order valence-corrected chi connectivity index (χ1v) is 7.96. The van der Waals surface area contributed by atoms with Gasteiger partial charge in [-0.05, 0) is 48.9 Å². The van der Waals surface area contributed by atoms with E-state index in [0.717, 1.165) is 26.2 Å². The summed E-state index contributed by atoms with van der Waals surface area (Å²) in [6.45, 7) is 6.39. The Morgan fingerprint density at radius 1 is 1.20 bits per heavy atom. The van der Waals surface area contributed by atoms with Crippen molar-refractivity contribution in [2.75, 3.05) is 26.2 Å². The highest BCUT2D eigenvalue weighted by atomic mass is 19.1. The summed E-state index contributed by atoms with van der Waals surface area (Å²) < 4.78 is 13.7. The van der Waals surface area contributed by atoms with E-state index in [1.54, 1.807) is 12.1 Å². The first kappa shape index (κ1) is 14.0. The molecule has 0 radical (unpaired) electrons. The first-order chi connectivity index (χ1) is 9.75. The Balaban J connectivity index is 1.92. The highest BCUT2D eigenvalue weighted by molar-refractivity contribution is 5.30. The summed E-state index contributed by atoms with van der Waals surface area (Å²) in [4.78, 5) is 2.58. The Bertz CT molecular complexity index is 448. The number of aryl methyl sites for hydroxylation is 1. The standard InChI is InChI=1S/C17H25FN2/c1-13-6-7-15(18)12-16(13)17(14-4-2-3-5-14)20-10-8-19-9-11-20/h6-7,12,14,17,19H,2-5,8-11H2,1H3/t17-/m1/s1. The molecule has 1 saturated heterocycles. The SMILES string of the molecule is Cc1ccc(F)cc1[C@@H](C1CCCC1)N1CCNCC1. The first-order valence-electron chi connectivity index (χ1n) is 7.96. The van der Waals surface area contributed by atoms with Crippen molar-refractivity contribution in [2.45, 2.75) is 38.6 Å². The summed E-state index contributed by atoms with van der Waals surface area (Å²) in [5.41, 5.74) is 2.46. The number of piperazine rings is 1. The molecule has 3 rings (SSSR count). The second kappa shape index (κ2) is 6.23. The Kier molecular flexibility index (Phi) is 4.37. The lowest BCUT2D eigenvalue weighted by atomic mass is 9.87. The summed E-state index contributed by atoms with van der Waals surface area (Å²) in [5.74, 6) is 0.609. The third-order valence-corrected chi connectivity index (χ3v) is 4.95.